The van der Waals surface area contributed by atoms with E-state index in [1.165, 1.54) is 24.0 Å². The highest BCUT2D eigenvalue weighted by Crippen LogP contribution is 2.26. The summed E-state index contributed by atoms with van der Waals surface area (Å²) < 4.78 is 0. The Balaban J connectivity index is 2.18. The third-order valence-corrected chi connectivity index (χ3v) is 3.54. The van der Waals surface area contributed by atoms with E-state index in [0.717, 1.165) is 0 Å². The molecule has 2 amide bonds. The van der Waals surface area contributed by atoms with E-state index in [1.54, 1.807) is 6.07 Å². The number of carboxylic acid groups (broad SMARTS) is 1. The molecule has 1 fully saturated rings. The first-order valence-corrected chi connectivity index (χ1v) is 6.46. The lowest BCUT2D eigenvalue weighted by atomic mass is 10.1. The number of benzene rings is 1. The maximum Gasteiger partial charge on any atom is 0.326 e. The van der Waals surface area contributed by atoms with Crippen LogP contribution in [0.25, 0.3) is 0 Å². The number of nitrogens with one attached hydrogen (secondary N) is 1. The highest BCUT2D eigenvalue weighted by atomic mass is 16.6. The molecule has 0 radical (unpaired) electrons. The van der Waals surface area contributed by atoms with Crippen molar-refractivity contribution >= 4 is 23.4 Å². The van der Waals surface area contributed by atoms with Gasteiger partial charge in [0.2, 0.25) is 0 Å². The molecule has 1 aromatic rings. The van der Waals surface area contributed by atoms with Gasteiger partial charge in [-0.2, -0.15) is 0 Å². The molecule has 8 nitrogen and oxygen atoms in total. The summed E-state index contributed by atoms with van der Waals surface area (Å²) in [4.78, 5) is 34.8. The number of nitro benzene ring substituents is 1. The number of nitro groups is 1. The summed E-state index contributed by atoms with van der Waals surface area (Å²) >= 11 is 0. The first-order valence-electron chi connectivity index (χ1n) is 6.46. The number of hydrogen-bond acceptors (Lipinski definition) is 4. The average molecular weight is 293 g/mol. The molecule has 0 saturated carbocycles. The van der Waals surface area contributed by atoms with Crippen LogP contribution in [0.3, 0.4) is 0 Å². The average Bonchev–Trinajstić information content (AvgIpc) is 2.90. The van der Waals surface area contributed by atoms with Gasteiger partial charge < -0.3 is 15.3 Å². The number of nitrogens with zero attached hydrogens (tertiary/aromatic N) is 2. The minimum atomic E-state index is -1.04. The van der Waals surface area contributed by atoms with Crippen LogP contribution in [-0.2, 0) is 4.79 Å². The lowest BCUT2D eigenvalue weighted by Gasteiger charge is -2.22. The summed E-state index contributed by atoms with van der Waals surface area (Å²) in [5.74, 6) is -1.04. The third kappa shape index (κ3) is 2.93. The van der Waals surface area contributed by atoms with E-state index < -0.39 is 23.0 Å². The standard InChI is InChI=1S/C13H15N3O5/c1-8-9(4-2-5-10(8)16(20)21)14-13(19)15-7-3-6-11(15)12(17)18/h2,4-5,11H,3,6-7H2,1H3,(H,14,19)(H,17,18)/t11-/m1/s1. The van der Waals surface area contributed by atoms with Crippen LogP contribution in [0.4, 0.5) is 16.2 Å². The predicted molar refractivity (Wildman–Crippen MR) is 74.2 cm³/mol. The van der Waals surface area contributed by atoms with E-state index in [4.69, 9.17) is 5.11 Å². The molecule has 0 spiro atoms. The maximum absolute atomic E-state index is 12.1. The van der Waals surface area contributed by atoms with Gasteiger partial charge in [0.1, 0.15) is 6.04 Å². The minimum absolute atomic E-state index is 0.0935. The number of anilines is 1. The van der Waals surface area contributed by atoms with Gasteiger partial charge in [0.05, 0.1) is 16.2 Å². The van der Waals surface area contributed by atoms with Crippen LogP contribution in [0.1, 0.15) is 18.4 Å². The minimum Gasteiger partial charge on any atom is -0.480 e. The van der Waals surface area contributed by atoms with E-state index in [0.29, 0.717) is 30.6 Å². The Morgan fingerprint density at radius 3 is 2.81 bits per heavy atom. The van der Waals surface area contributed by atoms with Crippen LogP contribution in [0.5, 0.6) is 0 Å². The van der Waals surface area contributed by atoms with Crippen molar-refractivity contribution in [3.8, 4) is 0 Å². The van der Waals surface area contributed by atoms with Crippen molar-refractivity contribution in [2.45, 2.75) is 25.8 Å². The third-order valence-electron chi connectivity index (χ3n) is 3.54. The molecular weight excluding hydrogens is 278 g/mol. The molecule has 21 heavy (non-hydrogen) atoms. The molecule has 0 aromatic heterocycles. The molecule has 2 N–H and O–H groups in total. The molecule has 1 saturated heterocycles. The molecule has 1 aliphatic heterocycles. The van der Waals surface area contributed by atoms with Crippen molar-refractivity contribution in [2.75, 3.05) is 11.9 Å². The normalized spacial score (nSPS) is 17.6. The molecule has 1 heterocycles. The Hall–Kier alpha value is -2.64. The van der Waals surface area contributed by atoms with E-state index in [-0.39, 0.29) is 5.69 Å². The van der Waals surface area contributed by atoms with Crippen molar-refractivity contribution in [3.63, 3.8) is 0 Å². The molecule has 0 aliphatic carbocycles. The molecule has 1 aromatic carbocycles. The van der Waals surface area contributed by atoms with Gasteiger partial charge in [0.25, 0.3) is 5.69 Å². The van der Waals surface area contributed by atoms with E-state index in [9.17, 15) is 19.7 Å². The predicted octanol–water partition coefficient (Wildman–Crippen LogP) is 1.98. The first kappa shape index (κ1) is 14.8. The van der Waals surface area contributed by atoms with Crippen LogP contribution in [0.2, 0.25) is 0 Å². The van der Waals surface area contributed by atoms with Crippen LogP contribution in [0.15, 0.2) is 18.2 Å². The number of rotatable bonds is 3. The molecule has 1 atom stereocenters. The quantitative estimate of drug-likeness (QED) is 0.653. The van der Waals surface area contributed by atoms with Gasteiger partial charge in [-0.15, -0.1) is 0 Å². The number of carbonyl (C=O) groups excluding carboxylic acids is 1. The SMILES string of the molecule is Cc1c(NC(=O)N2CCC[C@@H]2C(=O)O)cccc1[N+](=O)[O-]. The molecule has 112 valence electrons. The number of carboxylic acids is 1. The highest BCUT2D eigenvalue weighted by Gasteiger charge is 2.34. The maximum atomic E-state index is 12.1. The first-order chi connectivity index (χ1) is 9.91. The monoisotopic (exact) mass is 293 g/mol. The second-order valence-corrected chi connectivity index (χ2v) is 4.83. The zero-order valence-electron chi connectivity index (χ0n) is 11.4. The number of likely N-dealkylation sites (tertiary alicyclic amines) is 1. The summed E-state index contributed by atoms with van der Waals surface area (Å²) in [5, 5.41) is 22.5. The number of urea groups is 1. The van der Waals surface area contributed by atoms with Gasteiger partial charge in [-0.3, -0.25) is 10.1 Å². The Bertz CT molecular complexity index is 601. The zero-order chi connectivity index (χ0) is 15.6. The lowest BCUT2D eigenvalue weighted by molar-refractivity contribution is -0.385. The highest BCUT2D eigenvalue weighted by molar-refractivity contribution is 5.93. The fourth-order valence-corrected chi connectivity index (χ4v) is 2.41. The Morgan fingerprint density at radius 1 is 1.48 bits per heavy atom. The van der Waals surface area contributed by atoms with E-state index in [2.05, 4.69) is 5.32 Å². The smallest absolute Gasteiger partial charge is 0.326 e. The second kappa shape index (κ2) is 5.78. The lowest BCUT2D eigenvalue weighted by Crippen LogP contribution is -2.42. The number of carbonyl (C=O) groups is 2. The Morgan fingerprint density at radius 2 is 2.19 bits per heavy atom. The van der Waals surface area contributed by atoms with Crippen LogP contribution in [-0.4, -0.2) is 39.5 Å². The zero-order valence-corrected chi connectivity index (χ0v) is 11.4. The summed E-state index contributed by atoms with van der Waals surface area (Å²) in [7, 11) is 0. The molecule has 2 rings (SSSR count). The van der Waals surface area contributed by atoms with Gasteiger partial charge in [0.15, 0.2) is 0 Å². The second-order valence-electron chi connectivity index (χ2n) is 4.83. The topological polar surface area (TPSA) is 113 Å². The van der Waals surface area contributed by atoms with Crippen LogP contribution >= 0.6 is 0 Å². The fourth-order valence-electron chi connectivity index (χ4n) is 2.41. The number of amides is 2. The van der Waals surface area contributed by atoms with Gasteiger partial charge in [0, 0.05) is 12.6 Å². The summed E-state index contributed by atoms with van der Waals surface area (Å²) in [6.45, 7) is 1.89. The van der Waals surface area contributed by atoms with Gasteiger partial charge in [-0.25, -0.2) is 9.59 Å². The molecule has 1 aliphatic rings. The van der Waals surface area contributed by atoms with Crippen molar-refractivity contribution in [1.29, 1.82) is 0 Å². The van der Waals surface area contributed by atoms with E-state index in [1.807, 2.05) is 0 Å². The van der Waals surface area contributed by atoms with Crippen LogP contribution < -0.4 is 5.32 Å². The molecule has 8 heteroatoms. The molecular formula is C13H15N3O5. The molecule has 0 unspecified atom stereocenters. The van der Waals surface area contributed by atoms with E-state index >= 15 is 0 Å². The Kier molecular flexibility index (Phi) is 4.06. The summed E-state index contributed by atoms with van der Waals surface area (Å²) in [5.41, 5.74) is 0.552. The van der Waals surface area contributed by atoms with Crippen molar-refractivity contribution in [3.05, 3.63) is 33.9 Å². The van der Waals surface area contributed by atoms with Crippen molar-refractivity contribution in [2.24, 2.45) is 0 Å². The molecule has 0 bridgehead atoms. The number of hydrogen-bond donors (Lipinski definition) is 2. The summed E-state index contributed by atoms with van der Waals surface area (Å²) in [6.07, 6.45) is 1.04. The van der Waals surface area contributed by atoms with Crippen molar-refractivity contribution in [1.82, 2.24) is 4.90 Å². The van der Waals surface area contributed by atoms with Gasteiger partial charge in [-0.1, -0.05) is 6.07 Å². The largest absolute Gasteiger partial charge is 0.480 e. The van der Waals surface area contributed by atoms with Crippen LogP contribution in [0, 0.1) is 17.0 Å². The summed E-state index contributed by atoms with van der Waals surface area (Å²) in [6, 6.07) is 2.97. The van der Waals surface area contributed by atoms with Gasteiger partial charge >= 0.3 is 12.0 Å². The van der Waals surface area contributed by atoms with Gasteiger partial charge in [-0.05, 0) is 25.8 Å². The fraction of sp³-hybridized carbons (Fsp3) is 0.385. The Labute approximate surface area is 120 Å². The number of aliphatic carboxylic acids is 1. The van der Waals surface area contributed by atoms with Crippen molar-refractivity contribution < 1.29 is 19.6 Å².